The number of aromatic nitrogens is 1. The summed E-state index contributed by atoms with van der Waals surface area (Å²) in [6, 6.07) is 7.41. The molecule has 0 unspecified atom stereocenters. The van der Waals surface area contributed by atoms with Crippen LogP contribution in [0.2, 0.25) is 5.02 Å². The first-order chi connectivity index (χ1) is 12.0. The Balaban J connectivity index is 1.52. The second kappa shape index (κ2) is 7.72. The van der Waals surface area contributed by atoms with Gasteiger partial charge in [0.25, 0.3) is 0 Å². The minimum atomic E-state index is -0.477. The van der Waals surface area contributed by atoms with E-state index in [-0.39, 0.29) is 13.2 Å². The van der Waals surface area contributed by atoms with E-state index in [1.54, 1.807) is 12.1 Å². The molecule has 3 rings (SSSR count). The second-order valence-corrected chi connectivity index (χ2v) is 6.82. The van der Waals surface area contributed by atoms with E-state index in [2.05, 4.69) is 4.98 Å². The lowest BCUT2D eigenvalue weighted by molar-refractivity contribution is -0.147. The quantitative estimate of drug-likeness (QED) is 0.577. The van der Waals surface area contributed by atoms with Gasteiger partial charge in [0.2, 0.25) is 5.89 Å². The second-order valence-electron chi connectivity index (χ2n) is 5.44. The molecule has 25 heavy (non-hydrogen) atoms. The van der Waals surface area contributed by atoms with Crippen molar-refractivity contribution in [3.05, 3.63) is 57.8 Å². The Morgan fingerprint density at radius 3 is 2.76 bits per heavy atom. The molecule has 2 heterocycles. The van der Waals surface area contributed by atoms with E-state index in [9.17, 15) is 4.79 Å². The zero-order valence-corrected chi connectivity index (χ0v) is 15.3. The number of aryl methyl sites for hydroxylation is 2. The van der Waals surface area contributed by atoms with Crippen molar-refractivity contribution in [1.82, 2.24) is 4.98 Å². The molecule has 0 aliphatic carbocycles. The standard InChI is InChI=1S/C18H16ClNO4S/c1-11-6-13(19)7-12(2)17(11)23-10-16(21)22-8-14-9-24-18(20-14)15-4-3-5-25-15/h3-7,9H,8,10H2,1-2H3. The molecule has 0 fully saturated rings. The predicted molar refractivity (Wildman–Crippen MR) is 96.0 cm³/mol. The zero-order valence-electron chi connectivity index (χ0n) is 13.7. The van der Waals surface area contributed by atoms with E-state index in [0.717, 1.165) is 16.0 Å². The summed E-state index contributed by atoms with van der Waals surface area (Å²) in [4.78, 5) is 17.1. The molecule has 0 N–H and O–H groups in total. The summed E-state index contributed by atoms with van der Waals surface area (Å²) >= 11 is 7.51. The Bertz CT molecular complexity index is 850. The van der Waals surface area contributed by atoms with Crippen molar-refractivity contribution in [2.75, 3.05) is 6.61 Å². The number of hydrogen-bond acceptors (Lipinski definition) is 6. The van der Waals surface area contributed by atoms with Gasteiger partial charge in [0.05, 0.1) is 4.88 Å². The monoisotopic (exact) mass is 377 g/mol. The summed E-state index contributed by atoms with van der Waals surface area (Å²) in [5.74, 6) is 0.682. The van der Waals surface area contributed by atoms with Crippen LogP contribution in [0.15, 0.2) is 40.3 Å². The van der Waals surface area contributed by atoms with Crippen LogP contribution in [-0.4, -0.2) is 17.6 Å². The van der Waals surface area contributed by atoms with Crippen molar-refractivity contribution >= 4 is 28.9 Å². The smallest absolute Gasteiger partial charge is 0.344 e. The van der Waals surface area contributed by atoms with Crippen LogP contribution in [0.4, 0.5) is 0 Å². The number of hydrogen-bond donors (Lipinski definition) is 0. The first kappa shape index (κ1) is 17.5. The molecule has 0 bridgehead atoms. The lowest BCUT2D eigenvalue weighted by Crippen LogP contribution is -2.15. The molecule has 0 amide bonds. The molecule has 0 spiro atoms. The normalized spacial score (nSPS) is 10.7. The van der Waals surface area contributed by atoms with Gasteiger partial charge >= 0.3 is 5.97 Å². The maximum atomic E-state index is 11.9. The summed E-state index contributed by atoms with van der Waals surface area (Å²) in [5, 5.41) is 2.58. The summed E-state index contributed by atoms with van der Waals surface area (Å²) in [5.41, 5.74) is 2.29. The van der Waals surface area contributed by atoms with Crippen LogP contribution >= 0.6 is 22.9 Å². The van der Waals surface area contributed by atoms with Crippen LogP contribution < -0.4 is 4.74 Å². The van der Waals surface area contributed by atoms with Crippen LogP contribution in [0.3, 0.4) is 0 Å². The van der Waals surface area contributed by atoms with Crippen molar-refractivity contribution in [1.29, 1.82) is 0 Å². The highest BCUT2D eigenvalue weighted by Gasteiger charge is 2.12. The van der Waals surface area contributed by atoms with Crippen molar-refractivity contribution in [3.8, 4) is 16.5 Å². The highest BCUT2D eigenvalue weighted by atomic mass is 35.5. The van der Waals surface area contributed by atoms with E-state index in [0.29, 0.717) is 22.4 Å². The maximum Gasteiger partial charge on any atom is 0.344 e. The Labute approximate surface area is 154 Å². The van der Waals surface area contributed by atoms with Crippen LogP contribution in [-0.2, 0) is 16.1 Å². The van der Waals surface area contributed by atoms with Gasteiger partial charge in [0.1, 0.15) is 24.3 Å². The number of halogens is 1. The fraction of sp³-hybridized carbons (Fsp3) is 0.222. The van der Waals surface area contributed by atoms with E-state index in [4.69, 9.17) is 25.5 Å². The zero-order chi connectivity index (χ0) is 17.8. The summed E-state index contributed by atoms with van der Waals surface area (Å²) in [6.07, 6.45) is 1.48. The lowest BCUT2D eigenvalue weighted by atomic mass is 10.1. The summed E-state index contributed by atoms with van der Waals surface area (Å²) in [7, 11) is 0. The summed E-state index contributed by atoms with van der Waals surface area (Å²) in [6.45, 7) is 3.61. The highest BCUT2D eigenvalue weighted by Crippen LogP contribution is 2.27. The van der Waals surface area contributed by atoms with E-state index < -0.39 is 5.97 Å². The molecule has 0 saturated heterocycles. The number of carbonyl (C=O) groups is 1. The van der Waals surface area contributed by atoms with Gasteiger partial charge in [0.15, 0.2) is 6.61 Å². The Morgan fingerprint density at radius 2 is 2.08 bits per heavy atom. The number of nitrogens with zero attached hydrogens (tertiary/aromatic N) is 1. The number of benzene rings is 1. The SMILES string of the molecule is Cc1cc(Cl)cc(C)c1OCC(=O)OCc1coc(-c2cccs2)n1. The molecule has 5 nitrogen and oxygen atoms in total. The number of oxazole rings is 1. The predicted octanol–water partition coefficient (Wildman–Crippen LogP) is 4.80. The third-order valence-corrected chi connectivity index (χ3v) is 4.50. The van der Waals surface area contributed by atoms with Crippen molar-refractivity contribution in [3.63, 3.8) is 0 Å². The first-order valence-corrected chi connectivity index (χ1v) is 8.82. The summed E-state index contributed by atoms with van der Waals surface area (Å²) < 4.78 is 16.1. The molecule has 2 aromatic heterocycles. The first-order valence-electron chi connectivity index (χ1n) is 7.56. The van der Waals surface area contributed by atoms with Gasteiger partial charge in [0, 0.05) is 5.02 Å². The fourth-order valence-corrected chi connectivity index (χ4v) is 3.32. The molecule has 0 saturated carbocycles. The average molecular weight is 378 g/mol. The van der Waals surface area contributed by atoms with Crippen LogP contribution in [0, 0.1) is 13.8 Å². The van der Waals surface area contributed by atoms with Crippen LogP contribution in [0.1, 0.15) is 16.8 Å². The number of ether oxygens (including phenoxy) is 2. The Morgan fingerprint density at radius 1 is 1.32 bits per heavy atom. The molecular formula is C18H16ClNO4S. The van der Waals surface area contributed by atoms with Crippen LogP contribution in [0.5, 0.6) is 5.75 Å². The van der Waals surface area contributed by atoms with Gasteiger partial charge in [-0.15, -0.1) is 11.3 Å². The molecule has 0 atom stereocenters. The van der Waals surface area contributed by atoms with Gasteiger partial charge in [-0.1, -0.05) is 17.7 Å². The molecule has 0 aliphatic rings. The van der Waals surface area contributed by atoms with Gasteiger partial charge in [-0.25, -0.2) is 9.78 Å². The number of thiophene rings is 1. The molecule has 0 aliphatic heterocycles. The minimum Gasteiger partial charge on any atom is -0.481 e. The minimum absolute atomic E-state index is 0.0374. The third kappa shape index (κ3) is 4.41. The topological polar surface area (TPSA) is 61.6 Å². The molecule has 3 aromatic rings. The molecule has 0 radical (unpaired) electrons. The molecule has 130 valence electrons. The van der Waals surface area contributed by atoms with E-state index >= 15 is 0 Å². The van der Waals surface area contributed by atoms with Crippen LogP contribution in [0.25, 0.3) is 10.8 Å². The van der Waals surface area contributed by atoms with E-state index in [1.165, 1.54) is 17.6 Å². The Hall–Kier alpha value is -2.31. The van der Waals surface area contributed by atoms with Crippen molar-refractivity contribution < 1.29 is 18.7 Å². The van der Waals surface area contributed by atoms with Gasteiger partial charge in [-0.2, -0.15) is 0 Å². The number of rotatable bonds is 6. The van der Waals surface area contributed by atoms with Crippen molar-refractivity contribution in [2.45, 2.75) is 20.5 Å². The number of esters is 1. The molecular weight excluding hydrogens is 362 g/mol. The highest BCUT2D eigenvalue weighted by molar-refractivity contribution is 7.13. The molecule has 1 aromatic carbocycles. The van der Waals surface area contributed by atoms with Gasteiger partial charge in [-0.3, -0.25) is 0 Å². The number of carbonyl (C=O) groups excluding carboxylic acids is 1. The average Bonchev–Trinajstić information content (AvgIpc) is 3.23. The largest absolute Gasteiger partial charge is 0.481 e. The lowest BCUT2D eigenvalue weighted by Gasteiger charge is -2.12. The van der Waals surface area contributed by atoms with Gasteiger partial charge < -0.3 is 13.9 Å². The Kier molecular flexibility index (Phi) is 5.40. The van der Waals surface area contributed by atoms with E-state index in [1.807, 2.05) is 31.4 Å². The van der Waals surface area contributed by atoms with Crippen molar-refractivity contribution in [2.24, 2.45) is 0 Å². The third-order valence-electron chi connectivity index (χ3n) is 3.42. The maximum absolute atomic E-state index is 11.9. The van der Waals surface area contributed by atoms with Gasteiger partial charge in [-0.05, 0) is 48.6 Å². The fourth-order valence-electron chi connectivity index (χ4n) is 2.34. The molecule has 7 heteroatoms.